The van der Waals surface area contributed by atoms with Crippen LogP contribution in [0.3, 0.4) is 0 Å². The number of benzene rings is 2. The van der Waals surface area contributed by atoms with E-state index < -0.39 is 10.8 Å². The molecule has 26 heavy (non-hydrogen) atoms. The predicted molar refractivity (Wildman–Crippen MR) is 107 cm³/mol. The van der Waals surface area contributed by atoms with Crippen LogP contribution in [0.4, 0.5) is 0 Å². The van der Waals surface area contributed by atoms with Crippen LogP contribution in [0.1, 0.15) is 36.4 Å². The highest BCUT2D eigenvalue weighted by atomic mass is 32.2. The molecule has 0 aliphatic carbocycles. The Morgan fingerprint density at radius 1 is 1.04 bits per heavy atom. The zero-order valence-electron chi connectivity index (χ0n) is 15.3. The summed E-state index contributed by atoms with van der Waals surface area (Å²) >= 11 is 0. The third kappa shape index (κ3) is 2.99. The van der Waals surface area contributed by atoms with E-state index in [1.54, 1.807) is 0 Å². The van der Waals surface area contributed by atoms with Crippen LogP contribution in [0.25, 0.3) is 16.8 Å². The van der Waals surface area contributed by atoms with E-state index in [4.69, 9.17) is 0 Å². The average molecular weight is 362 g/mol. The molecule has 0 N–H and O–H groups in total. The van der Waals surface area contributed by atoms with Gasteiger partial charge in [-0.15, -0.1) is 0 Å². The summed E-state index contributed by atoms with van der Waals surface area (Å²) in [5.74, 6) is 0.454. The van der Waals surface area contributed by atoms with E-state index in [9.17, 15) is 4.21 Å². The second-order valence-electron chi connectivity index (χ2n) is 7.27. The lowest BCUT2D eigenvalue weighted by Gasteiger charge is -2.10. The number of hydrogen-bond acceptors (Lipinski definition) is 3. The van der Waals surface area contributed by atoms with Crippen molar-refractivity contribution in [3.8, 4) is 0 Å². The Morgan fingerprint density at radius 2 is 1.81 bits per heavy atom. The Bertz CT molecular complexity index is 1050. The van der Waals surface area contributed by atoms with Gasteiger partial charge in [-0.25, -0.2) is 4.21 Å². The maximum Gasteiger partial charge on any atom is 0.0838 e. The minimum absolute atomic E-state index is 0.454. The van der Waals surface area contributed by atoms with Crippen LogP contribution < -0.4 is 0 Å². The first-order valence-electron chi connectivity index (χ1n) is 8.99. The van der Waals surface area contributed by atoms with Gasteiger partial charge in [-0.1, -0.05) is 56.3 Å². The van der Waals surface area contributed by atoms with Gasteiger partial charge in [0.15, 0.2) is 0 Å². The van der Waals surface area contributed by atoms with Crippen LogP contribution in [-0.2, 0) is 23.6 Å². The summed E-state index contributed by atoms with van der Waals surface area (Å²) in [6.45, 7) is 6.24. The number of nitrogens with zero attached hydrogens (tertiary/aromatic N) is 2. The molecule has 0 saturated carbocycles. The molecule has 0 spiro atoms. The molecule has 0 saturated heterocycles. The van der Waals surface area contributed by atoms with Crippen LogP contribution in [0.2, 0.25) is 0 Å². The lowest BCUT2D eigenvalue weighted by molar-refractivity contribution is 0.613. The summed E-state index contributed by atoms with van der Waals surface area (Å²) in [4.78, 5) is 1.82. The zero-order valence-corrected chi connectivity index (χ0v) is 16.1. The molecule has 1 aliphatic heterocycles. The van der Waals surface area contributed by atoms with Crippen LogP contribution >= 0.6 is 0 Å². The molecule has 4 heteroatoms. The largest absolute Gasteiger partial charge is 0.249 e. The monoisotopic (exact) mass is 362 g/mol. The zero-order chi connectivity index (χ0) is 18.3. The minimum atomic E-state index is -1.16. The molecule has 2 aromatic carbocycles. The lowest BCUT2D eigenvalue weighted by Crippen LogP contribution is -2.08. The van der Waals surface area contributed by atoms with Crippen LogP contribution in [0, 0.1) is 12.8 Å². The summed E-state index contributed by atoms with van der Waals surface area (Å²) in [6, 6.07) is 14.7. The summed E-state index contributed by atoms with van der Waals surface area (Å²) in [6.07, 6.45) is 3.56. The van der Waals surface area contributed by atoms with Crippen molar-refractivity contribution in [2.24, 2.45) is 5.92 Å². The summed E-state index contributed by atoms with van der Waals surface area (Å²) in [7, 11) is -1.16. The van der Waals surface area contributed by atoms with Gasteiger partial charge in [0, 0.05) is 16.9 Å². The predicted octanol–water partition coefficient (Wildman–Crippen LogP) is 4.84. The highest BCUT2D eigenvalue weighted by Crippen LogP contribution is 2.36. The third-order valence-corrected chi connectivity index (χ3v) is 6.36. The Hall–Kier alpha value is -2.33. The second-order valence-corrected chi connectivity index (χ2v) is 8.74. The minimum Gasteiger partial charge on any atom is -0.249 e. The fraction of sp³-hybridized carbons (Fsp3) is 0.273. The molecule has 3 nitrogen and oxygen atoms in total. The average Bonchev–Trinajstić information content (AvgIpc) is 2.95. The van der Waals surface area contributed by atoms with Gasteiger partial charge in [0.1, 0.15) is 0 Å². The van der Waals surface area contributed by atoms with Crippen molar-refractivity contribution in [2.45, 2.75) is 38.5 Å². The molecule has 0 bridgehead atoms. The van der Waals surface area contributed by atoms with Crippen molar-refractivity contribution in [1.82, 2.24) is 10.2 Å². The van der Waals surface area contributed by atoms with Gasteiger partial charge in [-0.2, -0.15) is 10.2 Å². The van der Waals surface area contributed by atoms with Gasteiger partial charge >= 0.3 is 0 Å². The smallest absolute Gasteiger partial charge is 0.0838 e. The van der Waals surface area contributed by atoms with Crippen molar-refractivity contribution >= 4 is 27.6 Å². The van der Waals surface area contributed by atoms with E-state index in [2.05, 4.69) is 66.5 Å². The van der Waals surface area contributed by atoms with Crippen LogP contribution in [0.15, 0.2) is 52.3 Å². The Balaban J connectivity index is 1.74. The van der Waals surface area contributed by atoms with E-state index in [1.165, 1.54) is 16.3 Å². The molecule has 0 radical (unpaired) electrons. The first kappa shape index (κ1) is 17.1. The standard InChI is InChI=1S/C22H22N2OS/c1-14(2)11-21-22-20(15(3)23-24-21)13-18(26(22)25)12-17-9-6-8-16-7-4-5-10-19(16)17/h4-10,13-14H,11-12H2,1-3H3. The molecule has 1 unspecified atom stereocenters. The van der Waals surface area contributed by atoms with Crippen LogP contribution in [0.5, 0.6) is 0 Å². The maximum absolute atomic E-state index is 13.3. The van der Waals surface area contributed by atoms with E-state index >= 15 is 0 Å². The first-order chi connectivity index (χ1) is 12.5. The van der Waals surface area contributed by atoms with Gasteiger partial charge in [-0.05, 0) is 41.7 Å². The van der Waals surface area contributed by atoms with Gasteiger partial charge in [-0.3, -0.25) is 0 Å². The lowest BCUT2D eigenvalue weighted by atomic mass is 10.0. The number of aromatic nitrogens is 2. The summed E-state index contributed by atoms with van der Waals surface area (Å²) < 4.78 is 13.3. The van der Waals surface area contributed by atoms with Crippen molar-refractivity contribution in [2.75, 3.05) is 0 Å². The molecule has 1 aliphatic rings. The molecule has 0 fully saturated rings. The third-order valence-electron chi connectivity index (χ3n) is 4.79. The van der Waals surface area contributed by atoms with Crippen molar-refractivity contribution in [3.05, 3.63) is 69.9 Å². The van der Waals surface area contributed by atoms with E-state index in [0.717, 1.165) is 33.2 Å². The van der Waals surface area contributed by atoms with Gasteiger partial charge in [0.05, 0.1) is 27.1 Å². The molecule has 4 rings (SSSR count). The molecule has 3 aromatic rings. The normalized spacial score (nSPS) is 16.2. The Kier molecular flexibility index (Phi) is 4.45. The van der Waals surface area contributed by atoms with E-state index in [0.29, 0.717) is 12.3 Å². The summed E-state index contributed by atoms with van der Waals surface area (Å²) in [5, 5.41) is 11.1. The van der Waals surface area contributed by atoms with Crippen molar-refractivity contribution in [3.63, 3.8) is 0 Å². The van der Waals surface area contributed by atoms with E-state index in [1.807, 2.05) is 13.0 Å². The molecule has 2 heterocycles. The molecule has 132 valence electrons. The van der Waals surface area contributed by atoms with Gasteiger partial charge in [0.25, 0.3) is 0 Å². The molecule has 0 amide bonds. The Morgan fingerprint density at radius 3 is 2.62 bits per heavy atom. The van der Waals surface area contributed by atoms with Crippen LogP contribution in [-0.4, -0.2) is 14.4 Å². The SMILES string of the molecule is Cc1nnc(CC(C)C)c2c1C=C(Cc1cccc3ccccc13)S2=O. The molecular weight excluding hydrogens is 340 g/mol. The highest BCUT2D eigenvalue weighted by Gasteiger charge is 2.28. The number of fused-ring (bicyclic) bond motifs is 2. The fourth-order valence-electron chi connectivity index (χ4n) is 3.55. The second kappa shape index (κ2) is 6.76. The Labute approximate surface area is 156 Å². The first-order valence-corrected chi connectivity index (χ1v) is 10.1. The number of aryl methyl sites for hydroxylation is 1. The quantitative estimate of drug-likeness (QED) is 0.667. The van der Waals surface area contributed by atoms with Gasteiger partial charge in [0.2, 0.25) is 0 Å². The summed E-state index contributed by atoms with van der Waals surface area (Å²) in [5.41, 5.74) is 3.94. The van der Waals surface area contributed by atoms with Gasteiger partial charge < -0.3 is 0 Å². The van der Waals surface area contributed by atoms with Crippen molar-refractivity contribution in [1.29, 1.82) is 0 Å². The topological polar surface area (TPSA) is 42.9 Å². The number of rotatable bonds is 4. The highest BCUT2D eigenvalue weighted by molar-refractivity contribution is 7.89. The van der Waals surface area contributed by atoms with Crippen molar-refractivity contribution < 1.29 is 4.21 Å². The number of allylic oxidation sites excluding steroid dienone is 1. The van der Waals surface area contributed by atoms with E-state index in [-0.39, 0.29) is 0 Å². The molecular formula is C22H22N2OS. The number of hydrogen-bond donors (Lipinski definition) is 0. The maximum atomic E-state index is 13.3. The fourth-order valence-corrected chi connectivity index (χ4v) is 5.07. The molecule has 1 atom stereocenters. The molecule has 1 aromatic heterocycles.